The number of guanidine groups is 1. The maximum atomic E-state index is 4.68. The van der Waals surface area contributed by atoms with Gasteiger partial charge in [-0.1, -0.05) is 0 Å². The molecule has 0 atom stereocenters. The smallest absolute Gasteiger partial charge is 0.191 e. The fourth-order valence-electron chi connectivity index (χ4n) is 2.65. The van der Waals surface area contributed by atoms with Gasteiger partial charge in [-0.2, -0.15) is 5.10 Å². The maximum Gasteiger partial charge on any atom is 0.191 e. The Bertz CT molecular complexity index is 718. The number of nitrogens with one attached hydrogen (secondary N) is 2. The lowest BCUT2D eigenvalue weighted by atomic mass is 10.2. The Morgan fingerprint density at radius 3 is 2.69 bits per heavy atom. The third-order valence-corrected chi connectivity index (χ3v) is 3.97. The number of nitrogens with zero attached hydrogens (tertiary/aromatic N) is 5. The zero-order valence-corrected chi connectivity index (χ0v) is 16.6. The van der Waals surface area contributed by atoms with Crippen LogP contribution in [0.3, 0.4) is 0 Å². The molecule has 0 spiro atoms. The molecular weight excluding hydrogens is 326 g/mol. The first-order valence-electron chi connectivity index (χ1n) is 9.15. The van der Waals surface area contributed by atoms with Crippen LogP contribution in [0.25, 0.3) is 0 Å². The van der Waals surface area contributed by atoms with E-state index in [1.165, 1.54) is 5.69 Å². The summed E-state index contributed by atoms with van der Waals surface area (Å²) in [5, 5.41) is 11.2. The molecule has 0 aromatic carbocycles. The van der Waals surface area contributed by atoms with Crippen LogP contribution >= 0.6 is 0 Å². The zero-order valence-electron chi connectivity index (χ0n) is 16.6. The summed E-state index contributed by atoms with van der Waals surface area (Å²) in [7, 11) is 3.98. The van der Waals surface area contributed by atoms with Gasteiger partial charge in [-0.15, -0.1) is 0 Å². The Labute approximate surface area is 156 Å². The van der Waals surface area contributed by atoms with Crippen molar-refractivity contribution < 1.29 is 0 Å². The van der Waals surface area contributed by atoms with Gasteiger partial charge in [0, 0.05) is 45.6 Å². The van der Waals surface area contributed by atoms with Gasteiger partial charge in [-0.05, 0) is 51.0 Å². The molecule has 7 nitrogen and oxygen atoms in total. The second kappa shape index (κ2) is 9.79. The van der Waals surface area contributed by atoms with Crippen LogP contribution in [-0.2, 0) is 13.1 Å². The fraction of sp³-hybridized carbons (Fsp3) is 0.526. The van der Waals surface area contributed by atoms with Gasteiger partial charge >= 0.3 is 0 Å². The highest BCUT2D eigenvalue weighted by atomic mass is 15.3. The van der Waals surface area contributed by atoms with Crippen molar-refractivity contribution in [1.82, 2.24) is 25.4 Å². The quantitative estimate of drug-likeness (QED) is 0.430. The molecular formula is C19H31N7. The molecule has 2 N–H and O–H groups in total. The van der Waals surface area contributed by atoms with Crippen molar-refractivity contribution in [3.63, 3.8) is 0 Å². The SMILES string of the molecule is CCNC(=NCc1ccnc(N(C)C)c1)NCCCn1nc(C)cc1C. The Hall–Kier alpha value is -2.57. The molecule has 0 saturated carbocycles. The first-order chi connectivity index (χ1) is 12.5. The number of hydrogen-bond donors (Lipinski definition) is 2. The second-order valence-corrected chi connectivity index (χ2v) is 6.54. The minimum atomic E-state index is 0.621. The van der Waals surface area contributed by atoms with Crippen LogP contribution in [0.4, 0.5) is 5.82 Å². The molecule has 2 rings (SSSR count). The summed E-state index contributed by atoms with van der Waals surface area (Å²) in [5.41, 5.74) is 3.42. The largest absolute Gasteiger partial charge is 0.363 e. The molecule has 2 aromatic rings. The van der Waals surface area contributed by atoms with Crippen LogP contribution in [0, 0.1) is 13.8 Å². The molecule has 0 radical (unpaired) electrons. The van der Waals surface area contributed by atoms with Crippen LogP contribution in [0.1, 0.15) is 30.3 Å². The molecule has 142 valence electrons. The van der Waals surface area contributed by atoms with E-state index < -0.39 is 0 Å². The lowest BCUT2D eigenvalue weighted by Gasteiger charge is -2.13. The van der Waals surface area contributed by atoms with E-state index in [0.717, 1.165) is 49.1 Å². The topological polar surface area (TPSA) is 70.4 Å². The van der Waals surface area contributed by atoms with E-state index in [-0.39, 0.29) is 0 Å². The molecule has 2 heterocycles. The fourth-order valence-corrected chi connectivity index (χ4v) is 2.65. The Kier molecular flexibility index (Phi) is 7.44. The number of aromatic nitrogens is 3. The van der Waals surface area contributed by atoms with Crippen LogP contribution in [0.15, 0.2) is 29.4 Å². The molecule has 26 heavy (non-hydrogen) atoms. The maximum absolute atomic E-state index is 4.68. The monoisotopic (exact) mass is 357 g/mol. The predicted molar refractivity (Wildman–Crippen MR) is 108 cm³/mol. The van der Waals surface area contributed by atoms with Gasteiger partial charge in [0.1, 0.15) is 5.82 Å². The molecule has 0 amide bonds. The normalized spacial score (nSPS) is 11.5. The Balaban J connectivity index is 1.86. The van der Waals surface area contributed by atoms with E-state index in [9.17, 15) is 0 Å². The minimum absolute atomic E-state index is 0.621. The van der Waals surface area contributed by atoms with Gasteiger partial charge in [0.25, 0.3) is 0 Å². The van der Waals surface area contributed by atoms with Crippen molar-refractivity contribution in [2.75, 3.05) is 32.1 Å². The number of anilines is 1. The average Bonchev–Trinajstić information content (AvgIpc) is 2.94. The first-order valence-corrected chi connectivity index (χ1v) is 9.15. The van der Waals surface area contributed by atoms with E-state index >= 15 is 0 Å². The van der Waals surface area contributed by atoms with Crippen molar-refractivity contribution in [3.8, 4) is 0 Å². The van der Waals surface area contributed by atoms with E-state index in [1.54, 1.807) is 0 Å². The summed E-state index contributed by atoms with van der Waals surface area (Å²) in [6, 6.07) is 6.18. The molecule has 0 aliphatic carbocycles. The van der Waals surface area contributed by atoms with E-state index in [4.69, 9.17) is 0 Å². The summed E-state index contributed by atoms with van der Waals surface area (Å²) < 4.78 is 2.06. The summed E-state index contributed by atoms with van der Waals surface area (Å²) in [6.07, 6.45) is 2.82. The Morgan fingerprint density at radius 1 is 1.23 bits per heavy atom. The Morgan fingerprint density at radius 2 is 2.04 bits per heavy atom. The summed E-state index contributed by atoms with van der Waals surface area (Å²) in [5.74, 6) is 1.78. The number of hydrogen-bond acceptors (Lipinski definition) is 4. The lowest BCUT2D eigenvalue weighted by Crippen LogP contribution is -2.38. The van der Waals surface area contributed by atoms with Crippen molar-refractivity contribution in [3.05, 3.63) is 41.3 Å². The molecule has 2 aromatic heterocycles. The van der Waals surface area contributed by atoms with Gasteiger partial charge < -0.3 is 15.5 Å². The van der Waals surface area contributed by atoms with E-state index in [2.05, 4.69) is 56.4 Å². The lowest BCUT2D eigenvalue weighted by molar-refractivity contribution is 0.555. The number of rotatable bonds is 8. The minimum Gasteiger partial charge on any atom is -0.363 e. The number of aliphatic imine (C=N–C) groups is 1. The third-order valence-electron chi connectivity index (χ3n) is 3.97. The highest BCUT2D eigenvalue weighted by Gasteiger charge is 2.02. The van der Waals surface area contributed by atoms with Crippen LogP contribution < -0.4 is 15.5 Å². The zero-order chi connectivity index (χ0) is 18.9. The van der Waals surface area contributed by atoms with E-state index in [0.29, 0.717) is 6.54 Å². The van der Waals surface area contributed by atoms with Gasteiger partial charge in [0.2, 0.25) is 0 Å². The number of aryl methyl sites for hydroxylation is 3. The molecule has 0 aliphatic rings. The van der Waals surface area contributed by atoms with Gasteiger partial charge in [0.15, 0.2) is 5.96 Å². The molecule has 7 heteroatoms. The van der Waals surface area contributed by atoms with Crippen LogP contribution in [-0.4, -0.2) is 47.9 Å². The highest BCUT2D eigenvalue weighted by molar-refractivity contribution is 5.79. The van der Waals surface area contributed by atoms with Crippen molar-refractivity contribution in [2.24, 2.45) is 4.99 Å². The average molecular weight is 358 g/mol. The third kappa shape index (κ3) is 6.06. The standard InChI is InChI=1S/C19H31N7/c1-6-20-19(22-9-7-11-26-16(3)12-15(2)24-26)23-14-17-8-10-21-18(13-17)25(4)5/h8,10,12-13H,6-7,9,11,14H2,1-5H3,(H2,20,22,23). The van der Waals surface area contributed by atoms with Crippen molar-refractivity contribution in [2.45, 2.75) is 40.3 Å². The summed E-state index contributed by atoms with van der Waals surface area (Å²) in [6.45, 7) is 9.41. The predicted octanol–water partition coefficient (Wildman–Crippen LogP) is 2.11. The van der Waals surface area contributed by atoms with E-state index in [1.807, 2.05) is 38.2 Å². The molecule has 0 saturated heterocycles. The highest BCUT2D eigenvalue weighted by Crippen LogP contribution is 2.10. The molecule has 0 unspecified atom stereocenters. The van der Waals surface area contributed by atoms with Gasteiger partial charge in [-0.25, -0.2) is 9.98 Å². The molecule has 0 bridgehead atoms. The summed E-state index contributed by atoms with van der Waals surface area (Å²) >= 11 is 0. The van der Waals surface area contributed by atoms with Crippen molar-refractivity contribution >= 4 is 11.8 Å². The summed E-state index contributed by atoms with van der Waals surface area (Å²) in [4.78, 5) is 11.0. The van der Waals surface area contributed by atoms with Crippen molar-refractivity contribution in [1.29, 1.82) is 0 Å². The molecule has 0 fully saturated rings. The molecule has 0 aliphatic heterocycles. The van der Waals surface area contributed by atoms with Crippen LogP contribution in [0.5, 0.6) is 0 Å². The number of pyridine rings is 1. The van der Waals surface area contributed by atoms with Gasteiger partial charge in [0.05, 0.1) is 12.2 Å². The second-order valence-electron chi connectivity index (χ2n) is 6.54. The van der Waals surface area contributed by atoms with Gasteiger partial charge in [-0.3, -0.25) is 4.68 Å². The first kappa shape index (κ1) is 19.8. The van der Waals surface area contributed by atoms with Crippen LogP contribution in [0.2, 0.25) is 0 Å².